The summed E-state index contributed by atoms with van der Waals surface area (Å²) >= 11 is 3.40. The van der Waals surface area contributed by atoms with Crippen molar-refractivity contribution in [2.75, 3.05) is 18.5 Å². The van der Waals surface area contributed by atoms with E-state index < -0.39 is 17.5 Å². The molecule has 25 heavy (non-hydrogen) atoms. The highest BCUT2D eigenvalue weighted by atomic mass is 79.9. The third kappa shape index (κ3) is 5.42. The largest absolute Gasteiger partial charge is 0.490 e. The SMILES string of the molecule is CCOc1cc(Br)c(CC(=O)Nc2cc(F)cc(F)c2)cc1OCC. The number of hydrogen-bond donors (Lipinski definition) is 1. The first-order valence-electron chi connectivity index (χ1n) is 7.76. The van der Waals surface area contributed by atoms with Crippen LogP contribution in [0.4, 0.5) is 14.5 Å². The molecule has 0 saturated heterocycles. The lowest BCUT2D eigenvalue weighted by atomic mass is 10.1. The first-order chi connectivity index (χ1) is 11.9. The van der Waals surface area contributed by atoms with Gasteiger partial charge in [0.15, 0.2) is 11.5 Å². The number of halogens is 3. The molecule has 0 spiro atoms. The lowest BCUT2D eigenvalue weighted by molar-refractivity contribution is -0.115. The number of benzene rings is 2. The molecule has 0 aromatic heterocycles. The van der Waals surface area contributed by atoms with E-state index in [4.69, 9.17) is 9.47 Å². The summed E-state index contributed by atoms with van der Waals surface area (Å²) in [6.07, 6.45) is 0.00515. The third-order valence-electron chi connectivity index (χ3n) is 3.21. The average molecular weight is 414 g/mol. The van der Waals surface area contributed by atoms with Gasteiger partial charge in [0.2, 0.25) is 5.91 Å². The lowest BCUT2D eigenvalue weighted by Crippen LogP contribution is -2.15. The van der Waals surface area contributed by atoms with E-state index >= 15 is 0 Å². The number of nitrogens with one attached hydrogen (secondary N) is 1. The Labute approximate surface area is 153 Å². The molecule has 134 valence electrons. The van der Waals surface area contributed by atoms with Gasteiger partial charge in [0, 0.05) is 16.2 Å². The third-order valence-corrected chi connectivity index (χ3v) is 3.95. The normalized spacial score (nSPS) is 10.4. The Morgan fingerprint density at radius 3 is 2.12 bits per heavy atom. The van der Waals surface area contributed by atoms with Crippen molar-refractivity contribution in [3.05, 3.63) is 52.0 Å². The van der Waals surface area contributed by atoms with Gasteiger partial charge >= 0.3 is 0 Å². The first kappa shape index (κ1) is 19.2. The molecule has 0 radical (unpaired) electrons. The minimum absolute atomic E-state index is 0.00515. The molecular weight excluding hydrogens is 396 g/mol. The van der Waals surface area contributed by atoms with E-state index in [1.54, 1.807) is 12.1 Å². The molecule has 0 unspecified atom stereocenters. The van der Waals surface area contributed by atoms with Gasteiger partial charge in [-0.3, -0.25) is 4.79 Å². The van der Waals surface area contributed by atoms with Crippen LogP contribution < -0.4 is 14.8 Å². The molecule has 0 atom stereocenters. The average Bonchev–Trinajstić information content (AvgIpc) is 2.51. The predicted molar refractivity (Wildman–Crippen MR) is 95.2 cm³/mol. The van der Waals surface area contributed by atoms with Gasteiger partial charge in [-0.1, -0.05) is 15.9 Å². The number of hydrogen-bond acceptors (Lipinski definition) is 3. The van der Waals surface area contributed by atoms with E-state index in [2.05, 4.69) is 21.2 Å². The Morgan fingerprint density at radius 1 is 1.00 bits per heavy atom. The predicted octanol–water partition coefficient (Wildman–Crippen LogP) is 4.71. The molecule has 0 bridgehead atoms. The zero-order valence-electron chi connectivity index (χ0n) is 13.9. The molecule has 0 aliphatic carbocycles. The van der Waals surface area contributed by atoms with Crippen molar-refractivity contribution in [2.24, 2.45) is 0 Å². The minimum Gasteiger partial charge on any atom is -0.490 e. The first-order valence-corrected chi connectivity index (χ1v) is 8.56. The minimum atomic E-state index is -0.754. The van der Waals surface area contributed by atoms with Crippen LogP contribution in [0.1, 0.15) is 19.4 Å². The van der Waals surface area contributed by atoms with Crippen molar-refractivity contribution in [2.45, 2.75) is 20.3 Å². The molecule has 2 aromatic rings. The second-order valence-corrected chi connectivity index (χ2v) is 5.99. The number of carbonyl (C=O) groups is 1. The molecule has 0 aliphatic heterocycles. The maximum atomic E-state index is 13.2. The summed E-state index contributed by atoms with van der Waals surface area (Å²) in [5, 5.41) is 2.48. The van der Waals surface area contributed by atoms with Crippen LogP contribution in [0.5, 0.6) is 11.5 Å². The summed E-state index contributed by atoms with van der Waals surface area (Å²) in [4.78, 5) is 12.2. The molecule has 0 aliphatic rings. The maximum Gasteiger partial charge on any atom is 0.228 e. The highest BCUT2D eigenvalue weighted by molar-refractivity contribution is 9.10. The second-order valence-electron chi connectivity index (χ2n) is 5.14. The van der Waals surface area contributed by atoms with Gasteiger partial charge in [0.1, 0.15) is 11.6 Å². The van der Waals surface area contributed by atoms with Crippen LogP contribution in [0.3, 0.4) is 0 Å². The van der Waals surface area contributed by atoms with Crippen molar-refractivity contribution in [3.8, 4) is 11.5 Å². The molecule has 0 saturated carbocycles. The summed E-state index contributed by atoms with van der Waals surface area (Å²) in [7, 11) is 0. The number of ether oxygens (including phenoxy) is 2. The smallest absolute Gasteiger partial charge is 0.228 e. The van der Waals surface area contributed by atoms with Gasteiger partial charge in [-0.2, -0.15) is 0 Å². The van der Waals surface area contributed by atoms with E-state index in [0.717, 1.165) is 18.2 Å². The fraction of sp³-hybridized carbons (Fsp3) is 0.278. The molecule has 1 amide bonds. The molecule has 0 heterocycles. The van der Waals surface area contributed by atoms with Crippen molar-refractivity contribution < 1.29 is 23.0 Å². The topological polar surface area (TPSA) is 47.6 Å². The summed E-state index contributed by atoms with van der Waals surface area (Å²) in [6.45, 7) is 4.65. The second kappa shape index (κ2) is 8.80. The molecule has 0 fully saturated rings. The van der Waals surface area contributed by atoms with Gasteiger partial charge in [0.05, 0.1) is 19.6 Å². The van der Waals surface area contributed by atoms with Gasteiger partial charge in [-0.05, 0) is 43.7 Å². The van der Waals surface area contributed by atoms with Crippen LogP contribution in [-0.4, -0.2) is 19.1 Å². The van der Waals surface area contributed by atoms with Crippen LogP contribution in [0, 0.1) is 11.6 Å². The van der Waals surface area contributed by atoms with Crippen LogP contribution in [0.25, 0.3) is 0 Å². The summed E-state index contributed by atoms with van der Waals surface area (Å²) in [5.41, 5.74) is 0.732. The molecule has 4 nitrogen and oxygen atoms in total. The summed E-state index contributed by atoms with van der Waals surface area (Å²) in [5.74, 6) is -0.801. The number of anilines is 1. The Morgan fingerprint density at radius 2 is 1.56 bits per heavy atom. The van der Waals surface area contributed by atoms with E-state index in [-0.39, 0.29) is 12.1 Å². The van der Waals surface area contributed by atoms with E-state index in [9.17, 15) is 13.6 Å². The zero-order chi connectivity index (χ0) is 18.4. The van der Waals surface area contributed by atoms with Gasteiger partial charge in [0.25, 0.3) is 0 Å². The maximum absolute atomic E-state index is 13.2. The Bertz CT molecular complexity index is 748. The van der Waals surface area contributed by atoms with Gasteiger partial charge < -0.3 is 14.8 Å². The summed E-state index contributed by atoms with van der Waals surface area (Å²) in [6, 6.07) is 6.30. The van der Waals surface area contributed by atoms with Crippen molar-refractivity contribution in [1.29, 1.82) is 0 Å². The van der Waals surface area contributed by atoms with Crippen molar-refractivity contribution in [1.82, 2.24) is 0 Å². The van der Waals surface area contributed by atoms with Gasteiger partial charge in [-0.25, -0.2) is 8.78 Å². The Kier molecular flexibility index (Phi) is 6.75. The van der Waals surface area contributed by atoms with Crippen molar-refractivity contribution in [3.63, 3.8) is 0 Å². The number of rotatable bonds is 7. The highest BCUT2D eigenvalue weighted by Gasteiger charge is 2.14. The molecule has 2 aromatic carbocycles. The number of carbonyl (C=O) groups excluding carboxylic acids is 1. The van der Waals surface area contributed by atoms with Gasteiger partial charge in [-0.15, -0.1) is 0 Å². The lowest BCUT2D eigenvalue weighted by Gasteiger charge is -2.14. The van der Waals surface area contributed by atoms with Crippen LogP contribution in [0.2, 0.25) is 0 Å². The van der Waals surface area contributed by atoms with Crippen molar-refractivity contribution >= 4 is 27.5 Å². The quantitative estimate of drug-likeness (QED) is 0.714. The van der Waals surface area contributed by atoms with E-state index in [0.29, 0.717) is 34.7 Å². The molecule has 2 rings (SSSR count). The molecule has 1 N–H and O–H groups in total. The van der Waals surface area contributed by atoms with E-state index in [1.807, 2.05) is 13.8 Å². The Hall–Kier alpha value is -2.15. The fourth-order valence-electron chi connectivity index (χ4n) is 2.25. The highest BCUT2D eigenvalue weighted by Crippen LogP contribution is 2.34. The zero-order valence-corrected chi connectivity index (χ0v) is 15.5. The molecular formula is C18H18BrF2NO3. The number of amides is 1. The molecule has 7 heteroatoms. The standard InChI is InChI=1S/C18H18BrF2NO3/c1-3-24-16-5-11(15(19)10-17(16)25-4-2)6-18(23)22-14-8-12(20)7-13(21)9-14/h5,7-10H,3-4,6H2,1-2H3,(H,22,23). The van der Waals surface area contributed by atoms with E-state index in [1.165, 1.54) is 0 Å². The van der Waals surface area contributed by atoms with Crippen LogP contribution in [-0.2, 0) is 11.2 Å². The monoisotopic (exact) mass is 413 g/mol. The fourth-order valence-corrected chi connectivity index (χ4v) is 2.72. The summed E-state index contributed by atoms with van der Waals surface area (Å²) < 4.78 is 38.1. The Balaban J connectivity index is 2.17. The van der Waals surface area contributed by atoms with Crippen LogP contribution >= 0.6 is 15.9 Å². The van der Waals surface area contributed by atoms with Crippen LogP contribution in [0.15, 0.2) is 34.8 Å².